The zero-order valence-corrected chi connectivity index (χ0v) is 16.8. The first-order valence-electron chi connectivity index (χ1n) is 9.54. The molecule has 0 bridgehead atoms. The summed E-state index contributed by atoms with van der Waals surface area (Å²) in [5.41, 5.74) is 12.9. The predicted molar refractivity (Wildman–Crippen MR) is 110 cm³/mol. The van der Waals surface area contributed by atoms with Crippen molar-refractivity contribution in [2.75, 3.05) is 25.1 Å². The molecule has 162 valence electrons. The standard InChI is InChI=1S/C20H22FN7O3/c1-20(23)9-30-18(31-10-20)17-27-15(11-2-4-12(21)5-3-11)16(28-17)13-6-7-24-19(26-13)25-8-14(22)29/h2-7,18H,8-10,23H2,1H3,(H2,22,29)(H,27,28)(H,24,25,26). The van der Waals surface area contributed by atoms with E-state index in [1.54, 1.807) is 18.2 Å². The van der Waals surface area contributed by atoms with E-state index in [0.717, 1.165) is 0 Å². The van der Waals surface area contributed by atoms with Gasteiger partial charge in [-0.2, -0.15) is 0 Å². The van der Waals surface area contributed by atoms with Crippen LogP contribution in [0.3, 0.4) is 0 Å². The van der Waals surface area contributed by atoms with Crippen molar-refractivity contribution in [1.82, 2.24) is 19.9 Å². The van der Waals surface area contributed by atoms with Gasteiger partial charge in [0.15, 0.2) is 5.82 Å². The summed E-state index contributed by atoms with van der Waals surface area (Å²) in [4.78, 5) is 27.4. The maximum absolute atomic E-state index is 13.5. The number of aromatic nitrogens is 4. The van der Waals surface area contributed by atoms with Crippen molar-refractivity contribution >= 4 is 11.9 Å². The zero-order chi connectivity index (χ0) is 22.0. The number of halogens is 1. The van der Waals surface area contributed by atoms with E-state index in [9.17, 15) is 9.18 Å². The molecule has 0 saturated carbocycles. The normalized spacial score (nSPS) is 21.1. The Labute approximate surface area is 177 Å². The third kappa shape index (κ3) is 4.85. The Morgan fingerprint density at radius 1 is 1.26 bits per heavy atom. The fraction of sp³-hybridized carbons (Fsp3) is 0.300. The third-order valence-electron chi connectivity index (χ3n) is 4.52. The smallest absolute Gasteiger partial charge is 0.236 e. The van der Waals surface area contributed by atoms with Crippen molar-refractivity contribution in [3.05, 3.63) is 48.2 Å². The van der Waals surface area contributed by atoms with E-state index in [1.807, 2.05) is 6.92 Å². The molecule has 10 nitrogen and oxygen atoms in total. The van der Waals surface area contributed by atoms with Crippen molar-refractivity contribution < 1.29 is 18.7 Å². The quantitative estimate of drug-likeness (QED) is 0.459. The van der Waals surface area contributed by atoms with E-state index in [2.05, 4.69) is 25.3 Å². The summed E-state index contributed by atoms with van der Waals surface area (Å²) < 4.78 is 24.9. The van der Waals surface area contributed by atoms with Crippen LogP contribution in [0.2, 0.25) is 0 Å². The highest BCUT2D eigenvalue weighted by atomic mass is 19.1. The van der Waals surface area contributed by atoms with Gasteiger partial charge in [-0.05, 0) is 37.3 Å². The number of aromatic amines is 1. The van der Waals surface area contributed by atoms with Crippen molar-refractivity contribution in [2.24, 2.45) is 11.5 Å². The minimum absolute atomic E-state index is 0.107. The Kier molecular flexibility index (Phi) is 5.63. The molecule has 1 fully saturated rings. The molecule has 1 aliphatic heterocycles. The number of primary amides is 1. The molecule has 3 heterocycles. The molecule has 0 unspecified atom stereocenters. The second-order valence-corrected chi connectivity index (χ2v) is 7.55. The van der Waals surface area contributed by atoms with E-state index in [4.69, 9.17) is 20.9 Å². The molecule has 0 radical (unpaired) electrons. The van der Waals surface area contributed by atoms with Crippen LogP contribution >= 0.6 is 0 Å². The van der Waals surface area contributed by atoms with Gasteiger partial charge in [-0.25, -0.2) is 19.3 Å². The van der Waals surface area contributed by atoms with Gasteiger partial charge in [-0.1, -0.05) is 0 Å². The highest BCUT2D eigenvalue weighted by Crippen LogP contribution is 2.33. The lowest BCUT2D eigenvalue weighted by molar-refractivity contribution is -0.211. The van der Waals surface area contributed by atoms with Crippen molar-refractivity contribution in [3.63, 3.8) is 0 Å². The van der Waals surface area contributed by atoms with Gasteiger partial charge in [-0.15, -0.1) is 0 Å². The largest absolute Gasteiger partial charge is 0.368 e. The number of ether oxygens (including phenoxy) is 2. The first-order chi connectivity index (χ1) is 14.8. The highest BCUT2D eigenvalue weighted by molar-refractivity contribution is 5.79. The summed E-state index contributed by atoms with van der Waals surface area (Å²) in [5.74, 6) is -0.248. The van der Waals surface area contributed by atoms with E-state index >= 15 is 0 Å². The van der Waals surface area contributed by atoms with Crippen LogP contribution in [-0.2, 0) is 14.3 Å². The molecule has 1 saturated heterocycles. The Morgan fingerprint density at radius 2 is 1.97 bits per heavy atom. The number of nitrogens with one attached hydrogen (secondary N) is 2. The Morgan fingerprint density at radius 3 is 2.65 bits per heavy atom. The summed E-state index contributed by atoms with van der Waals surface area (Å²) in [6.07, 6.45) is 0.799. The SMILES string of the molecule is CC1(N)COC(c2nc(-c3ccc(F)cc3)c(-c3ccnc(NCC(N)=O)n3)[nH]2)OC1. The molecule has 1 amide bonds. The second kappa shape index (κ2) is 8.38. The van der Waals surface area contributed by atoms with Gasteiger partial charge in [0.2, 0.25) is 18.1 Å². The number of rotatable bonds is 6. The number of amides is 1. The lowest BCUT2D eigenvalue weighted by atomic mass is 10.1. The topological polar surface area (TPSA) is 154 Å². The molecular weight excluding hydrogens is 405 g/mol. The predicted octanol–water partition coefficient (Wildman–Crippen LogP) is 1.33. The lowest BCUT2D eigenvalue weighted by Crippen LogP contribution is -2.50. The number of nitrogens with two attached hydrogens (primary N) is 2. The fourth-order valence-corrected chi connectivity index (χ4v) is 3.03. The van der Waals surface area contributed by atoms with Crippen LogP contribution in [0.4, 0.5) is 10.3 Å². The van der Waals surface area contributed by atoms with E-state index < -0.39 is 17.7 Å². The molecule has 0 aliphatic carbocycles. The molecule has 3 aromatic rings. The Hall–Kier alpha value is -3.41. The van der Waals surface area contributed by atoms with Crippen LogP contribution < -0.4 is 16.8 Å². The molecule has 4 rings (SSSR count). The zero-order valence-electron chi connectivity index (χ0n) is 16.8. The van der Waals surface area contributed by atoms with Crippen LogP contribution in [0.25, 0.3) is 22.6 Å². The molecule has 2 aromatic heterocycles. The van der Waals surface area contributed by atoms with Gasteiger partial charge in [0.25, 0.3) is 0 Å². The number of H-pyrrole nitrogens is 1. The summed E-state index contributed by atoms with van der Waals surface area (Å²) in [6, 6.07) is 7.61. The third-order valence-corrected chi connectivity index (χ3v) is 4.52. The van der Waals surface area contributed by atoms with Crippen LogP contribution in [0.15, 0.2) is 36.5 Å². The van der Waals surface area contributed by atoms with Gasteiger partial charge in [0.1, 0.15) is 5.82 Å². The van der Waals surface area contributed by atoms with Gasteiger partial charge >= 0.3 is 0 Å². The van der Waals surface area contributed by atoms with Gasteiger partial charge in [-0.3, -0.25) is 4.79 Å². The molecule has 6 N–H and O–H groups in total. The number of nitrogens with zero attached hydrogens (tertiary/aromatic N) is 3. The summed E-state index contributed by atoms with van der Waals surface area (Å²) in [5, 5.41) is 2.76. The highest BCUT2D eigenvalue weighted by Gasteiger charge is 2.32. The van der Waals surface area contributed by atoms with E-state index in [1.165, 1.54) is 18.3 Å². The summed E-state index contributed by atoms with van der Waals surface area (Å²) in [7, 11) is 0. The minimum atomic E-state index is -0.737. The number of anilines is 1. The molecule has 11 heteroatoms. The summed E-state index contributed by atoms with van der Waals surface area (Å²) >= 11 is 0. The minimum Gasteiger partial charge on any atom is -0.368 e. The number of hydrogen-bond donors (Lipinski definition) is 4. The van der Waals surface area contributed by atoms with Crippen LogP contribution in [0.5, 0.6) is 0 Å². The first kappa shape index (κ1) is 20.8. The van der Waals surface area contributed by atoms with Crippen molar-refractivity contribution in [3.8, 4) is 22.6 Å². The number of carbonyl (C=O) groups is 1. The molecule has 31 heavy (non-hydrogen) atoms. The molecule has 0 atom stereocenters. The maximum Gasteiger partial charge on any atom is 0.236 e. The van der Waals surface area contributed by atoms with Crippen LogP contribution in [0, 0.1) is 5.82 Å². The summed E-state index contributed by atoms with van der Waals surface area (Å²) in [6.45, 7) is 2.33. The van der Waals surface area contributed by atoms with Crippen LogP contribution in [0.1, 0.15) is 19.0 Å². The van der Waals surface area contributed by atoms with E-state index in [-0.39, 0.29) is 18.3 Å². The lowest BCUT2D eigenvalue weighted by Gasteiger charge is -2.33. The van der Waals surface area contributed by atoms with Crippen LogP contribution in [-0.4, -0.2) is 51.1 Å². The Bertz CT molecular complexity index is 1070. The molecular formula is C20H22FN7O3. The average Bonchev–Trinajstić information content (AvgIpc) is 3.18. The monoisotopic (exact) mass is 427 g/mol. The molecule has 1 aliphatic rings. The van der Waals surface area contributed by atoms with Crippen molar-refractivity contribution in [1.29, 1.82) is 0 Å². The van der Waals surface area contributed by atoms with Crippen molar-refractivity contribution in [2.45, 2.75) is 18.8 Å². The number of hydrogen-bond acceptors (Lipinski definition) is 8. The number of imidazole rings is 1. The molecule has 1 aromatic carbocycles. The first-order valence-corrected chi connectivity index (χ1v) is 9.54. The van der Waals surface area contributed by atoms with Gasteiger partial charge in [0.05, 0.1) is 42.4 Å². The fourth-order valence-electron chi connectivity index (χ4n) is 3.03. The molecule has 0 spiro atoms. The maximum atomic E-state index is 13.5. The van der Waals surface area contributed by atoms with Gasteiger partial charge in [0, 0.05) is 11.8 Å². The Balaban J connectivity index is 1.72. The second-order valence-electron chi connectivity index (χ2n) is 7.55. The number of carbonyl (C=O) groups excluding carboxylic acids is 1. The average molecular weight is 427 g/mol. The number of benzene rings is 1. The van der Waals surface area contributed by atoms with Gasteiger partial charge < -0.3 is 31.2 Å². The van der Waals surface area contributed by atoms with E-state index in [0.29, 0.717) is 41.7 Å².